The number of anilines is 1. The van der Waals surface area contributed by atoms with Crippen LogP contribution in [0.5, 0.6) is 5.75 Å². The van der Waals surface area contributed by atoms with Crippen molar-refractivity contribution in [2.45, 2.75) is 37.7 Å². The summed E-state index contributed by atoms with van der Waals surface area (Å²) >= 11 is 3.09. The van der Waals surface area contributed by atoms with Crippen LogP contribution in [0.15, 0.2) is 47.4 Å². The van der Waals surface area contributed by atoms with Crippen molar-refractivity contribution >= 4 is 44.4 Å². The number of hydrogen-bond acceptors (Lipinski definition) is 6. The highest BCUT2D eigenvalue weighted by Crippen LogP contribution is 2.35. The van der Waals surface area contributed by atoms with E-state index >= 15 is 0 Å². The largest absolute Gasteiger partial charge is 0.492 e. The number of rotatable bonds is 8. The zero-order valence-corrected chi connectivity index (χ0v) is 18.9. The van der Waals surface area contributed by atoms with Gasteiger partial charge in [-0.25, -0.2) is 4.98 Å². The van der Waals surface area contributed by atoms with Gasteiger partial charge in [0.05, 0.1) is 29.7 Å². The SMILES string of the molecule is CCOc1cccc2sc(N(CC3CCCO3)C(=O)CSc3ccc(C)cc3)nc12. The minimum absolute atomic E-state index is 0.0492. The van der Waals surface area contributed by atoms with Crippen molar-refractivity contribution in [3.05, 3.63) is 48.0 Å². The van der Waals surface area contributed by atoms with Crippen molar-refractivity contribution in [3.63, 3.8) is 0 Å². The second kappa shape index (κ2) is 9.81. The molecule has 1 amide bonds. The number of amides is 1. The lowest BCUT2D eigenvalue weighted by molar-refractivity contribution is -0.116. The molecule has 7 heteroatoms. The van der Waals surface area contributed by atoms with E-state index in [2.05, 4.69) is 31.2 Å². The molecule has 1 atom stereocenters. The highest BCUT2D eigenvalue weighted by Gasteiger charge is 2.26. The van der Waals surface area contributed by atoms with E-state index in [1.54, 1.807) is 16.7 Å². The highest BCUT2D eigenvalue weighted by molar-refractivity contribution is 8.00. The number of carbonyl (C=O) groups excluding carboxylic acids is 1. The van der Waals surface area contributed by atoms with E-state index in [0.29, 0.717) is 24.0 Å². The maximum atomic E-state index is 13.2. The number of para-hydroxylation sites is 1. The molecular weight excluding hydrogens is 416 g/mol. The first-order chi connectivity index (χ1) is 14.6. The number of thiazole rings is 1. The first-order valence-corrected chi connectivity index (χ1v) is 12.1. The summed E-state index contributed by atoms with van der Waals surface area (Å²) in [6, 6.07) is 14.2. The number of ether oxygens (including phenoxy) is 2. The molecule has 1 aliphatic heterocycles. The number of thioether (sulfide) groups is 1. The van der Waals surface area contributed by atoms with Gasteiger partial charge in [-0.1, -0.05) is 35.1 Å². The lowest BCUT2D eigenvalue weighted by Gasteiger charge is -2.23. The van der Waals surface area contributed by atoms with Crippen LogP contribution < -0.4 is 9.64 Å². The molecule has 1 fully saturated rings. The Morgan fingerprint density at radius 1 is 1.30 bits per heavy atom. The van der Waals surface area contributed by atoms with Gasteiger partial charge in [-0.15, -0.1) is 11.8 Å². The summed E-state index contributed by atoms with van der Waals surface area (Å²) in [5.74, 6) is 1.17. The second-order valence-electron chi connectivity index (χ2n) is 7.27. The van der Waals surface area contributed by atoms with E-state index in [4.69, 9.17) is 14.5 Å². The summed E-state index contributed by atoms with van der Waals surface area (Å²) in [4.78, 5) is 20.9. The Morgan fingerprint density at radius 2 is 2.13 bits per heavy atom. The van der Waals surface area contributed by atoms with Crippen molar-refractivity contribution in [1.29, 1.82) is 0 Å². The Kier molecular flexibility index (Phi) is 6.92. The van der Waals surface area contributed by atoms with Gasteiger partial charge in [-0.2, -0.15) is 0 Å². The summed E-state index contributed by atoms with van der Waals surface area (Å²) in [5, 5.41) is 0.710. The third kappa shape index (κ3) is 4.96. The summed E-state index contributed by atoms with van der Waals surface area (Å²) in [5.41, 5.74) is 2.03. The maximum Gasteiger partial charge on any atom is 0.239 e. The zero-order valence-electron chi connectivity index (χ0n) is 17.3. The number of fused-ring (bicyclic) bond motifs is 1. The van der Waals surface area contributed by atoms with Gasteiger partial charge >= 0.3 is 0 Å². The van der Waals surface area contributed by atoms with E-state index in [0.717, 1.165) is 40.3 Å². The average Bonchev–Trinajstić information content (AvgIpc) is 3.41. The second-order valence-corrected chi connectivity index (χ2v) is 9.33. The van der Waals surface area contributed by atoms with Gasteiger partial charge in [0, 0.05) is 11.5 Å². The van der Waals surface area contributed by atoms with Crippen LogP contribution in [0.25, 0.3) is 10.2 Å². The van der Waals surface area contributed by atoms with Crippen molar-refractivity contribution < 1.29 is 14.3 Å². The predicted molar refractivity (Wildman–Crippen MR) is 124 cm³/mol. The molecule has 0 bridgehead atoms. The number of carbonyl (C=O) groups is 1. The quantitative estimate of drug-likeness (QED) is 0.443. The molecule has 2 aromatic carbocycles. The Labute approximate surface area is 185 Å². The number of aryl methyl sites for hydroxylation is 1. The summed E-state index contributed by atoms with van der Waals surface area (Å²) in [7, 11) is 0. The van der Waals surface area contributed by atoms with Gasteiger partial charge < -0.3 is 9.47 Å². The molecule has 158 valence electrons. The predicted octanol–water partition coefficient (Wildman–Crippen LogP) is 5.31. The third-order valence-corrected chi connectivity index (χ3v) is 7.04. The van der Waals surface area contributed by atoms with Crippen molar-refractivity contribution in [1.82, 2.24) is 4.98 Å². The van der Waals surface area contributed by atoms with Gasteiger partial charge in [0.15, 0.2) is 5.13 Å². The molecule has 5 nitrogen and oxygen atoms in total. The Hall–Kier alpha value is -2.09. The Balaban J connectivity index is 1.57. The topological polar surface area (TPSA) is 51.7 Å². The molecule has 0 N–H and O–H groups in total. The standard InChI is InChI=1S/C23H26N2O3S2/c1-3-27-19-7-4-8-20-22(19)24-23(30-20)25(14-17-6-5-13-28-17)21(26)15-29-18-11-9-16(2)10-12-18/h4,7-12,17H,3,5-6,13-15H2,1-2H3. The minimum Gasteiger partial charge on any atom is -0.492 e. The lowest BCUT2D eigenvalue weighted by Crippen LogP contribution is -2.38. The molecule has 2 heterocycles. The van der Waals surface area contributed by atoms with Gasteiger partial charge in [-0.3, -0.25) is 9.69 Å². The third-order valence-electron chi connectivity index (χ3n) is 5.00. The fourth-order valence-corrected chi connectivity index (χ4v) is 5.22. The number of aromatic nitrogens is 1. The molecule has 4 rings (SSSR count). The first kappa shape index (κ1) is 21.2. The van der Waals surface area contributed by atoms with Crippen molar-refractivity contribution in [2.75, 3.05) is 30.4 Å². The molecular formula is C23H26N2O3S2. The van der Waals surface area contributed by atoms with E-state index in [1.807, 2.05) is 25.1 Å². The molecule has 3 aromatic rings. The summed E-state index contributed by atoms with van der Waals surface area (Å²) in [6.45, 7) is 5.90. The van der Waals surface area contributed by atoms with Crippen LogP contribution in [0.1, 0.15) is 25.3 Å². The van der Waals surface area contributed by atoms with Crippen LogP contribution in [-0.4, -0.2) is 42.5 Å². The first-order valence-electron chi connectivity index (χ1n) is 10.3. The monoisotopic (exact) mass is 442 g/mol. The molecule has 0 radical (unpaired) electrons. The van der Waals surface area contributed by atoms with Gasteiger partial charge in [-0.05, 0) is 51.0 Å². The molecule has 30 heavy (non-hydrogen) atoms. The van der Waals surface area contributed by atoms with Crippen LogP contribution in [0.4, 0.5) is 5.13 Å². The fourth-order valence-electron chi connectivity index (χ4n) is 3.44. The van der Waals surface area contributed by atoms with Crippen molar-refractivity contribution in [2.24, 2.45) is 0 Å². The molecule has 0 aliphatic carbocycles. The van der Waals surface area contributed by atoms with Crippen LogP contribution in [0, 0.1) is 6.92 Å². The number of nitrogens with zero attached hydrogens (tertiary/aromatic N) is 2. The van der Waals surface area contributed by atoms with Crippen LogP contribution in [0.2, 0.25) is 0 Å². The van der Waals surface area contributed by atoms with Crippen LogP contribution in [0.3, 0.4) is 0 Å². The summed E-state index contributed by atoms with van der Waals surface area (Å²) in [6.07, 6.45) is 2.08. The summed E-state index contributed by atoms with van der Waals surface area (Å²) < 4.78 is 12.6. The minimum atomic E-state index is 0.0492. The zero-order chi connectivity index (χ0) is 20.9. The number of hydrogen-bond donors (Lipinski definition) is 0. The van der Waals surface area contributed by atoms with E-state index in [-0.39, 0.29) is 12.0 Å². The molecule has 0 saturated carbocycles. The average molecular weight is 443 g/mol. The van der Waals surface area contributed by atoms with Gasteiger partial charge in [0.1, 0.15) is 11.3 Å². The molecule has 0 spiro atoms. The van der Waals surface area contributed by atoms with Crippen molar-refractivity contribution in [3.8, 4) is 5.75 Å². The van der Waals surface area contributed by atoms with Crippen LogP contribution in [-0.2, 0) is 9.53 Å². The molecule has 1 unspecified atom stereocenters. The fraction of sp³-hybridized carbons (Fsp3) is 0.391. The normalized spacial score (nSPS) is 16.1. The van der Waals surface area contributed by atoms with Gasteiger partial charge in [0.25, 0.3) is 0 Å². The lowest BCUT2D eigenvalue weighted by atomic mass is 10.2. The maximum absolute atomic E-state index is 13.2. The van der Waals surface area contributed by atoms with Gasteiger partial charge in [0.2, 0.25) is 5.91 Å². The number of benzene rings is 2. The smallest absolute Gasteiger partial charge is 0.239 e. The molecule has 1 aliphatic rings. The Morgan fingerprint density at radius 3 is 2.87 bits per heavy atom. The Bertz CT molecular complexity index is 997. The molecule has 1 aromatic heterocycles. The van der Waals surface area contributed by atoms with E-state index in [1.165, 1.54) is 16.9 Å². The molecule has 1 saturated heterocycles. The highest BCUT2D eigenvalue weighted by atomic mass is 32.2. The van der Waals surface area contributed by atoms with Crippen LogP contribution >= 0.6 is 23.1 Å². The van der Waals surface area contributed by atoms with E-state index in [9.17, 15) is 4.79 Å². The van der Waals surface area contributed by atoms with E-state index < -0.39 is 0 Å².